The van der Waals surface area contributed by atoms with Crippen LogP contribution >= 0.6 is 0 Å². The summed E-state index contributed by atoms with van der Waals surface area (Å²) in [6, 6.07) is 7.63. The highest BCUT2D eigenvalue weighted by molar-refractivity contribution is 6.00. The number of fused-ring (bicyclic) bond motifs is 1. The maximum absolute atomic E-state index is 12.6. The molecule has 23 heavy (non-hydrogen) atoms. The van der Waals surface area contributed by atoms with Crippen LogP contribution in [-0.4, -0.2) is 54.3 Å². The van der Waals surface area contributed by atoms with Gasteiger partial charge in [-0.05, 0) is 42.9 Å². The van der Waals surface area contributed by atoms with Crippen LogP contribution in [0.2, 0.25) is 0 Å². The van der Waals surface area contributed by atoms with E-state index in [0.717, 1.165) is 50.1 Å². The van der Waals surface area contributed by atoms with E-state index in [4.69, 9.17) is 0 Å². The van der Waals surface area contributed by atoms with E-state index in [1.54, 1.807) is 4.90 Å². The first-order valence-corrected chi connectivity index (χ1v) is 8.53. The van der Waals surface area contributed by atoms with Crippen LogP contribution in [0.15, 0.2) is 24.3 Å². The smallest absolute Gasteiger partial charge is 0.254 e. The second-order valence-corrected chi connectivity index (χ2v) is 7.13. The van der Waals surface area contributed by atoms with Gasteiger partial charge in [-0.25, -0.2) is 0 Å². The summed E-state index contributed by atoms with van der Waals surface area (Å²) in [6.07, 6.45) is 3.40. The first kappa shape index (κ1) is 14.7. The molecule has 0 aliphatic carbocycles. The second kappa shape index (κ2) is 5.64. The molecular weight excluding hydrogens is 290 g/mol. The van der Waals surface area contributed by atoms with Gasteiger partial charge in [0.05, 0.1) is 0 Å². The first-order chi connectivity index (χ1) is 11.2. The molecule has 0 radical (unpaired) electrons. The lowest BCUT2D eigenvalue weighted by atomic mass is 9.78. The fourth-order valence-electron chi connectivity index (χ4n) is 4.16. The van der Waals surface area contributed by atoms with Gasteiger partial charge in [-0.2, -0.15) is 0 Å². The molecule has 2 fully saturated rings. The maximum Gasteiger partial charge on any atom is 0.254 e. The van der Waals surface area contributed by atoms with Gasteiger partial charge in [0.25, 0.3) is 5.91 Å². The van der Waals surface area contributed by atoms with E-state index in [1.165, 1.54) is 6.42 Å². The van der Waals surface area contributed by atoms with Crippen molar-refractivity contribution in [3.05, 3.63) is 35.4 Å². The zero-order valence-corrected chi connectivity index (χ0v) is 13.4. The van der Waals surface area contributed by atoms with Crippen LogP contribution in [0.1, 0.15) is 35.2 Å². The van der Waals surface area contributed by atoms with E-state index in [1.807, 2.05) is 29.2 Å². The van der Waals surface area contributed by atoms with Gasteiger partial charge in [0.1, 0.15) is 6.54 Å². The SMILES string of the molecule is O=C(CN1Cc2ccccc2C1=O)N1CCC2(CCNC2)CC1. The van der Waals surface area contributed by atoms with Crippen LogP contribution in [0.4, 0.5) is 0 Å². The molecule has 0 aromatic heterocycles. The van der Waals surface area contributed by atoms with Crippen LogP contribution < -0.4 is 5.32 Å². The lowest BCUT2D eigenvalue weighted by Crippen LogP contribution is -2.47. The number of carbonyl (C=O) groups is 2. The monoisotopic (exact) mass is 313 g/mol. The third kappa shape index (κ3) is 2.63. The number of amides is 2. The molecule has 5 nitrogen and oxygen atoms in total. The van der Waals surface area contributed by atoms with E-state index in [2.05, 4.69) is 5.32 Å². The number of benzene rings is 1. The number of nitrogens with one attached hydrogen (secondary N) is 1. The van der Waals surface area contributed by atoms with Crippen molar-refractivity contribution in [2.24, 2.45) is 5.41 Å². The average molecular weight is 313 g/mol. The van der Waals surface area contributed by atoms with E-state index < -0.39 is 0 Å². The summed E-state index contributed by atoms with van der Waals surface area (Å²) in [6.45, 7) is 4.62. The van der Waals surface area contributed by atoms with Crippen molar-refractivity contribution in [1.82, 2.24) is 15.1 Å². The third-order valence-corrected chi connectivity index (χ3v) is 5.73. The molecule has 0 unspecified atom stereocenters. The fourth-order valence-corrected chi connectivity index (χ4v) is 4.16. The minimum atomic E-state index is -0.0116. The molecule has 0 saturated carbocycles. The molecule has 122 valence electrons. The molecule has 0 atom stereocenters. The second-order valence-electron chi connectivity index (χ2n) is 7.13. The molecule has 1 spiro atoms. The van der Waals surface area contributed by atoms with Gasteiger partial charge >= 0.3 is 0 Å². The summed E-state index contributed by atoms with van der Waals surface area (Å²) in [4.78, 5) is 28.6. The summed E-state index contributed by atoms with van der Waals surface area (Å²) in [5.74, 6) is 0.0781. The van der Waals surface area contributed by atoms with Crippen LogP contribution in [0.5, 0.6) is 0 Å². The van der Waals surface area contributed by atoms with Gasteiger partial charge in [0, 0.05) is 31.7 Å². The van der Waals surface area contributed by atoms with Crippen LogP contribution in [-0.2, 0) is 11.3 Å². The highest BCUT2D eigenvalue weighted by Gasteiger charge is 2.38. The minimum absolute atomic E-state index is 0.0116. The Hall–Kier alpha value is -1.88. The van der Waals surface area contributed by atoms with Crippen LogP contribution in [0.25, 0.3) is 0 Å². The van der Waals surface area contributed by atoms with Crippen LogP contribution in [0, 0.1) is 5.41 Å². The van der Waals surface area contributed by atoms with Crippen molar-refractivity contribution < 1.29 is 9.59 Å². The van der Waals surface area contributed by atoms with E-state index in [-0.39, 0.29) is 18.4 Å². The van der Waals surface area contributed by atoms with Gasteiger partial charge < -0.3 is 15.1 Å². The van der Waals surface area contributed by atoms with Gasteiger partial charge in [-0.1, -0.05) is 18.2 Å². The number of hydrogen-bond donors (Lipinski definition) is 1. The van der Waals surface area contributed by atoms with Crippen molar-refractivity contribution in [3.63, 3.8) is 0 Å². The number of nitrogens with zero attached hydrogens (tertiary/aromatic N) is 2. The van der Waals surface area contributed by atoms with Crippen molar-refractivity contribution in [1.29, 1.82) is 0 Å². The summed E-state index contributed by atoms with van der Waals surface area (Å²) in [7, 11) is 0. The highest BCUT2D eigenvalue weighted by Crippen LogP contribution is 2.37. The summed E-state index contributed by atoms with van der Waals surface area (Å²) in [5, 5.41) is 3.45. The Bertz CT molecular complexity index is 627. The number of hydrogen-bond acceptors (Lipinski definition) is 3. The van der Waals surface area contributed by atoms with Crippen molar-refractivity contribution >= 4 is 11.8 Å². The lowest BCUT2D eigenvalue weighted by Gasteiger charge is -2.39. The molecule has 3 heterocycles. The largest absolute Gasteiger partial charge is 0.341 e. The Morgan fingerprint density at radius 2 is 1.96 bits per heavy atom. The predicted molar refractivity (Wildman–Crippen MR) is 86.9 cm³/mol. The Kier molecular flexibility index (Phi) is 3.60. The molecule has 1 aromatic rings. The van der Waals surface area contributed by atoms with Crippen molar-refractivity contribution in [2.75, 3.05) is 32.7 Å². The number of carbonyl (C=O) groups excluding carboxylic acids is 2. The van der Waals surface area contributed by atoms with Gasteiger partial charge in [-0.15, -0.1) is 0 Å². The molecule has 2 amide bonds. The van der Waals surface area contributed by atoms with Crippen molar-refractivity contribution in [2.45, 2.75) is 25.8 Å². The van der Waals surface area contributed by atoms with Crippen LogP contribution in [0.3, 0.4) is 0 Å². The lowest BCUT2D eigenvalue weighted by molar-refractivity contribution is -0.134. The Labute approximate surface area is 136 Å². The molecule has 4 rings (SSSR count). The number of rotatable bonds is 2. The third-order valence-electron chi connectivity index (χ3n) is 5.73. The topological polar surface area (TPSA) is 52.7 Å². The van der Waals surface area contributed by atoms with Gasteiger partial charge in [-0.3, -0.25) is 9.59 Å². The Morgan fingerprint density at radius 1 is 1.17 bits per heavy atom. The fraction of sp³-hybridized carbons (Fsp3) is 0.556. The normalized spacial score (nSPS) is 22.7. The van der Waals surface area contributed by atoms with Gasteiger partial charge in [0.2, 0.25) is 5.91 Å². The van der Waals surface area contributed by atoms with E-state index in [9.17, 15) is 9.59 Å². The average Bonchev–Trinajstić information content (AvgIpc) is 3.14. The standard InChI is InChI=1S/C18H23N3O2/c22-16(20-9-6-18(7-10-20)5-8-19-13-18)12-21-11-14-3-1-2-4-15(14)17(21)23/h1-4,19H,5-13H2. The quantitative estimate of drug-likeness (QED) is 0.894. The predicted octanol–water partition coefficient (Wildman–Crippen LogP) is 1.24. The zero-order chi connectivity index (χ0) is 15.9. The molecule has 1 aromatic carbocycles. The van der Waals surface area contributed by atoms with Gasteiger partial charge in [0.15, 0.2) is 0 Å². The molecule has 0 bridgehead atoms. The highest BCUT2D eigenvalue weighted by atomic mass is 16.2. The molecule has 1 N–H and O–H groups in total. The number of likely N-dealkylation sites (tertiary alicyclic amines) is 1. The van der Waals surface area contributed by atoms with Crippen molar-refractivity contribution in [3.8, 4) is 0 Å². The summed E-state index contributed by atoms with van der Waals surface area (Å²) in [5.41, 5.74) is 2.19. The minimum Gasteiger partial charge on any atom is -0.341 e. The molecule has 5 heteroatoms. The Balaban J connectivity index is 1.36. The summed E-state index contributed by atoms with van der Waals surface area (Å²) >= 11 is 0. The molecule has 3 aliphatic heterocycles. The number of piperidine rings is 1. The molecule has 2 saturated heterocycles. The first-order valence-electron chi connectivity index (χ1n) is 8.53. The zero-order valence-electron chi connectivity index (χ0n) is 13.4. The molecular formula is C18H23N3O2. The summed E-state index contributed by atoms with van der Waals surface area (Å²) < 4.78 is 0. The molecule has 3 aliphatic rings. The maximum atomic E-state index is 12.6. The van der Waals surface area contributed by atoms with E-state index in [0.29, 0.717) is 12.0 Å². The van der Waals surface area contributed by atoms with E-state index >= 15 is 0 Å². The Morgan fingerprint density at radius 3 is 2.65 bits per heavy atom.